The molecular weight excluding hydrogens is 363 g/mol. The van der Waals surface area contributed by atoms with E-state index < -0.39 is 12.1 Å². The fraction of sp³-hybridized carbons (Fsp3) is 0.353. The summed E-state index contributed by atoms with van der Waals surface area (Å²) in [5.41, 5.74) is 8.08. The summed E-state index contributed by atoms with van der Waals surface area (Å²) in [6.07, 6.45) is -4.09. The molecule has 0 atom stereocenters. The number of carbonyl (C=O) groups is 1. The number of nitrogens with one attached hydrogen (secondary N) is 3. The van der Waals surface area contributed by atoms with E-state index in [1.807, 2.05) is 0 Å². The van der Waals surface area contributed by atoms with Crippen LogP contribution in [0.15, 0.2) is 12.1 Å². The Bertz CT molecular complexity index is 952. The number of hydrogen-bond acceptors (Lipinski definition) is 4. The second kappa shape index (κ2) is 7.03. The van der Waals surface area contributed by atoms with Crippen LogP contribution in [0, 0.1) is 13.8 Å². The van der Waals surface area contributed by atoms with Gasteiger partial charge in [-0.15, -0.1) is 0 Å². The molecule has 0 saturated heterocycles. The van der Waals surface area contributed by atoms with E-state index in [1.165, 1.54) is 16.7 Å². The lowest BCUT2D eigenvalue weighted by Gasteiger charge is -2.11. The van der Waals surface area contributed by atoms with Crippen LogP contribution in [0.25, 0.3) is 22.6 Å². The number of halogens is 3. The number of carboxylic acids is 1. The predicted octanol–water partition coefficient (Wildman–Crippen LogP) is 2.85. The molecule has 27 heavy (non-hydrogen) atoms. The number of fused-ring (bicyclic) bond motifs is 2. The summed E-state index contributed by atoms with van der Waals surface area (Å²) >= 11 is 0. The first kappa shape index (κ1) is 18.9. The molecule has 0 fully saturated rings. The summed E-state index contributed by atoms with van der Waals surface area (Å²) in [5.74, 6) is -1.87. The summed E-state index contributed by atoms with van der Waals surface area (Å²) in [5, 5.41) is 18.0. The second-order valence-electron chi connectivity index (χ2n) is 6.29. The molecule has 7 nitrogen and oxygen atoms in total. The minimum atomic E-state index is -5.08. The van der Waals surface area contributed by atoms with Gasteiger partial charge in [0.2, 0.25) is 0 Å². The maximum absolute atomic E-state index is 10.6. The van der Waals surface area contributed by atoms with Gasteiger partial charge in [-0.25, -0.2) is 9.78 Å². The highest BCUT2D eigenvalue weighted by Crippen LogP contribution is 2.27. The third kappa shape index (κ3) is 3.95. The SMILES string of the molecule is Cc1cc2nc(-c3[nH]nc4c3CCNC4)[nH]c2cc1C.O=C(O)C(F)(F)F. The molecule has 0 amide bonds. The number of nitrogens with zero attached hydrogens (tertiary/aromatic N) is 2. The molecule has 0 saturated carbocycles. The van der Waals surface area contributed by atoms with E-state index in [-0.39, 0.29) is 0 Å². The molecule has 0 bridgehead atoms. The average molecular weight is 381 g/mol. The number of hydrogen-bond donors (Lipinski definition) is 4. The van der Waals surface area contributed by atoms with Crippen LogP contribution in [0.1, 0.15) is 22.4 Å². The summed E-state index contributed by atoms with van der Waals surface area (Å²) in [7, 11) is 0. The molecule has 4 rings (SSSR count). The Kier molecular flexibility index (Phi) is 4.92. The fourth-order valence-corrected chi connectivity index (χ4v) is 2.82. The van der Waals surface area contributed by atoms with Gasteiger partial charge in [0.1, 0.15) is 5.69 Å². The van der Waals surface area contributed by atoms with Gasteiger partial charge in [-0.05, 0) is 50.1 Å². The summed E-state index contributed by atoms with van der Waals surface area (Å²) in [4.78, 5) is 17.0. The lowest BCUT2D eigenvalue weighted by molar-refractivity contribution is -0.192. The molecule has 10 heteroatoms. The first-order valence-electron chi connectivity index (χ1n) is 8.21. The van der Waals surface area contributed by atoms with Crippen LogP contribution in [0.5, 0.6) is 0 Å². The Balaban J connectivity index is 0.000000260. The van der Waals surface area contributed by atoms with Crippen molar-refractivity contribution in [2.45, 2.75) is 33.0 Å². The molecule has 0 unspecified atom stereocenters. The first-order valence-corrected chi connectivity index (χ1v) is 8.21. The zero-order valence-corrected chi connectivity index (χ0v) is 14.7. The van der Waals surface area contributed by atoms with Crippen molar-refractivity contribution in [1.82, 2.24) is 25.5 Å². The Morgan fingerprint density at radius 2 is 1.89 bits per heavy atom. The van der Waals surface area contributed by atoms with Crippen LogP contribution < -0.4 is 5.32 Å². The van der Waals surface area contributed by atoms with Crippen molar-refractivity contribution in [2.75, 3.05) is 6.54 Å². The largest absolute Gasteiger partial charge is 0.490 e. The van der Waals surface area contributed by atoms with Gasteiger partial charge in [-0.2, -0.15) is 18.3 Å². The molecule has 1 aliphatic heterocycles. The van der Waals surface area contributed by atoms with Gasteiger partial charge in [0.25, 0.3) is 0 Å². The van der Waals surface area contributed by atoms with Gasteiger partial charge in [0.05, 0.1) is 16.7 Å². The number of alkyl halides is 3. The third-order valence-corrected chi connectivity index (χ3v) is 4.37. The summed E-state index contributed by atoms with van der Waals surface area (Å²) < 4.78 is 31.7. The van der Waals surface area contributed by atoms with E-state index in [4.69, 9.17) is 14.9 Å². The maximum atomic E-state index is 10.6. The van der Waals surface area contributed by atoms with Crippen LogP contribution in [0.4, 0.5) is 13.2 Å². The van der Waals surface area contributed by atoms with E-state index in [1.54, 1.807) is 0 Å². The minimum absolute atomic E-state index is 0.838. The van der Waals surface area contributed by atoms with Crippen molar-refractivity contribution in [1.29, 1.82) is 0 Å². The topological polar surface area (TPSA) is 107 Å². The minimum Gasteiger partial charge on any atom is -0.475 e. The van der Waals surface area contributed by atoms with E-state index in [9.17, 15) is 13.2 Å². The molecule has 0 radical (unpaired) electrons. The average Bonchev–Trinajstić information content (AvgIpc) is 3.18. The van der Waals surface area contributed by atoms with E-state index in [2.05, 4.69) is 46.5 Å². The Morgan fingerprint density at radius 1 is 1.22 bits per heavy atom. The highest BCUT2D eigenvalue weighted by atomic mass is 19.4. The Labute approximate surface area is 152 Å². The maximum Gasteiger partial charge on any atom is 0.490 e. The van der Waals surface area contributed by atoms with E-state index in [0.29, 0.717) is 0 Å². The lowest BCUT2D eigenvalue weighted by Crippen LogP contribution is -2.23. The van der Waals surface area contributed by atoms with Crippen molar-refractivity contribution < 1.29 is 23.1 Å². The number of aromatic amines is 2. The zero-order chi connectivity index (χ0) is 19.8. The van der Waals surface area contributed by atoms with Crippen LogP contribution in [-0.4, -0.2) is 44.0 Å². The van der Waals surface area contributed by atoms with Gasteiger partial charge in [-0.3, -0.25) is 5.10 Å². The molecule has 144 valence electrons. The number of H-pyrrole nitrogens is 2. The van der Waals surface area contributed by atoms with Crippen molar-refractivity contribution in [2.24, 2.45) is 0 Å². The normalized spacial score (nSPS) is 13.8. The number of aliphatic carboxylic acids is 1. The first-order chi connectivity index (χ1) is 12.7. The van der Waals surface area contributed by atoms with E-state index >= 15 is 0 Å². The van der Waals surface area contributed by atoms with Crippen LogP contribution >= 0.6 is 0 Å². The van der Waals surface area contributed by atoms with Crippen LogP contribution in [-0.2, 0) is 17.8 Å². The fourth-order valence-electron chi connectivity index (χ4n) is 2.82. The van der Waals surface area contributed by atoms with Gasteiger partial charge >= 0.3 is 12.1 Å². The van der Waals surface area contributed by atoms with Gasteiger partial charge in [0.15, 0.2) is 5.82 Å². The van der Waals surface area contributed by atoms with Gasteiger partial charge in [-0.1, -0.05) is 0 Å². The molecule has 1 aromatic carbocycles. The summed E-state index contributed by atoms with van der Waals surface area (Å²) in [6, 6.07) is 4.29. The van der Waals surface area contributed by atoms with Crippen molar-refractivity contribution in [3.63, 3.8) is 0 Å². The molecule has 2 aromatic heterocycles. The smallest absolute Gasteiger partial charge is 0.475 e. The van der Waals surface area contributed by atoms with Crippen LogP contribution in [0.2, 0.25) is 0 Å². The van der Waals surface area contributed by atoms with Crippen molar-refractivity contribution in [3.8, 4) is 11.5 Å². The summed E-state index contributed by atoms with van der Waals surface area (Å²) in [6.45, 7) is 6.08. The number of rotatable bonds is 1. The monoisotopic (exact) mass is 381 g/mol. The Morgan fingerprint density at radius 3 is 2.56 bits per heavy atom. The molecule has 3 heterocycles. The second-order valence-corrected chi connectivity index (χ2v) is 6.29. The number of imidazole rings is 1. The zero-order valence-electron chi connectivity index (χ0n) is 14.7. The van der Waals surface area contributed by atoms with Gasteiger partial charge < -0.3 is 15.4 Å². The molecule has 3 aromatic rings. The number of aryl methyl sites for hydroxylation is 2. The molecule has 0 spiro atoms. The third-order valence-electron chi connectivity index (χ3n) is 4.37. The molecule has 4 N–H and O–H groups in total. The lowest BCUT2D eigenvalue weighted by atomic mass is 10.1. The van der Waals surface area contributed by atoms with Crippen molar-refractivity contribution in [3.05, 3.63) is 34.5 Å². The number of benzene rings is 1. The number of carboxylic acid groups (broad SMARTS) is 1. The number of aromatic nitrogens is 4. The highest BCUT2D eigenvalue weighted by Gasteiger charge is 2.38. The van der Waals surface area contributed by atoms with Crippen LogP contribution in [0.3, 0.4) is 0 Å². The molecular formula is C17H18F3N5O2. The van der Waals surface area contributed by atoms with Crippen molar-refractivity contribution >= 4 is 17.0 Å². The van der Waals surface area contributed by atoms with Gasteiger partial charge in [0, 0.05) is 12.1 Å². The highest BCUT2D eigenvalue weighted by molar-refractivity contribution is 5.81. The Hall–Kier alpha value is -2.88. The quantitative estimate of drug-likeness (QED) is 0.519. The standard InChI is InChI=1S/C15H17N5.C2HF3O2/c1-8-5-11-12(6-9(8)2)18-15(17-11)14-10-3-4-16-7-13(10)19-20-14;3-2(4,5)1(6)7/h5-6,16H,3-4,7H2,1-2H3,(H,17,18)(H,19,20);(H,6,7). The van der Waals surface area contributed by atoms with E-state index in [0.717, 1.165) is 47.8 Å². The molecule has 0 aliphatic carbocycles. The molecule has 1 aliphatic rings. The predicted molar refractivity (Wildman–Crippen MR) is 92.3 cm³/mol.